The molecule has 1 amide bonds. The Morgan fingerprint density at radius 1 is 1.44 bits per heavy atom. The fourth-order valence-corrected chi connectivity index (χ4v) is 1.90. The van der Waals surface area contributed by atoms with Gasteiger partial charge in [0, 0.05) is 13.2 Å². The largest absolute Gasteiger partial charge is 0.319 e. The first kappa shape index (κ1) is 12.6. The number of rotatable bonds is 2. The SMILES string of the molecule is Cc1nn(C)c(C)c1NC(=O)c1cccnc1Cl. The molecule has 6 heteroatoms. The molecule has 0 bridgehead atoms. The number of nitrogens with one attached hydrogen (secondary N) is 1. The summed E-state index contributed by atoms with van der Waals surface area (Å²) in [4.78, 5) is 16.0. The topological polar surface area (TPSA) is 59.8 Å². The van der Waals surface area contributed by atoms with Crippen LogP contribution in [0, 0.1) is 13.8 Å². The van der Waals surface area contributed by atoms with Crippen molar-refractivity contribution >= 4 is 23.2 Å². The average molecular weight is 265 g/mol. The van der Waals surface area contributed by atoms with Crippen LogP contribution in [0.1, 0.15) is 21.7 Å². The maximum absolute atomic E-state index is 12.1. The molecule has 0 spiro atoms. The predicted molar refractivity (Wildman–Crippen MR) is 69.9 cm³/mol. The Balaban J connectivity index is 2.30. The summed E-state index contributed by atoms with van der Waals surface area (Å²) < 4.78 is 1.72. The number of nitrogens with zero attached hydrogens (tertiary/aromatic N) is 3. The van der Waals surface area contributed by atoms with E-state index in [0.29, 0.717) is 11.3 Å². The number of aromatic nitrogens is 3. The molecular weight excluding hydrogens is 252 g/mol. The van der Waals surface area contributed by atoms with Crippen LogP contribution in [0.5, 0.6) is 0 Å². The third kappa shape index (κ3) is 2.22. The van der Waals surface area contributed by atoms with Gasteiger partial charge < -0.3 is 5.32 Å². The second-order valence-corrected chi connectivity index (χ2v) is 4.32. The molecule has 5 nitrogen and oxygen atoms in total. The fourth-order valence-electron chi connectivity index (χ4n) is 1.69. The number of hydrogen-bond donors (Lipinski definition) is 1. The summed E-state index contributed by atoms with van der Waals surface area (Å²) >= 11 is 5.88. The lowest BCUT2D eigenvalue weighted by molar-refractivity contribution is 0.102. The van der Waals surface area contributed by atoms with Crippen LogP contribution < -0.4 is 5.32 Å². The van der Waals surface area contributed by atoms with Crippen LogP contribution in [0.2, 0.25) is 5.15 Å². The highest BCUT2D eigenvalue weighted by Gasteiger charge is 2.15. The lowest BCUT2D eigenvalue weighted by atomic mass is 10.2. The predicted octanol–water partition coefficient (Wildman–Crippen LogP) is 2.34. The Kier molecular flexibility index (Phi) is 3.34. The van der Waals surface area contributed by atoms with Gasteiger partial charge in [-0.2, -0.15) is 5.10 Å². The monoisotopic (exact) mass is 264 g/mol. The van der Waals surface area contributed by atoms with Gasteiger partial charge in [0.15, 0.2) is 0 Å². The molecule has 0 aliphatic rings. The van der Waals surface area contributed by atoms with Crippen molar-refractivity contribution in [1.29, 1.82) is 0 Å². The van der Waals surface area contributed by atoms with Crippen molar-refractivity contribution in [1.82, 2.24) is 14.8 Å². The van der Waals surface area contributed by atoms with Gasteiger partial charge in [0.25, 0.3) is 5.91 Å². The van der Waals surface area contributed by atoms with Gasteiger partial charge in [-0.15, -0.1) is 0 Å². The number of amides is 1. The van der Waals surface area contributed by atoms with Gasteiger partial charge >= 0.3 is 0 Å². The highest BCUT2D eigenvalue weighted by molar-refractivity contribution is 6.33. The van der Waals surface area contributed by atoms with Crippen LogP contribution in [-0.2, 0) is 7.05 Å². The van der Waals surface area contributed by atoms with Gasteiger partial charge in [0.05, 0.1) is 22.6 Å². The molecule has 18 heavy (non-hydrogen) atoms. The van der Waals surface area contributed by atoms with Crippen molar-refractivity contribution < 1.29 is 4.79 Å². The van der Waals surface area contributed by atoms with E-state index in [2.05, 4.69) is 15.4 Å². The van der Waals surface area contributed by atoms with Crippen LogP contribution in [0.3, 0.4) is 0 Å². The van der Waals surface area contributed by atoms with E-state index in [9.17, 15) is 4.79 Å². The molecule has 2 aromatic heterocycles. The summed E-state index contributed by atoms with van der Waals surface area (Å²) in [5, 5.41) is 7.23. The summed E-state index contributed by atoms with van der Waals surface area (Å²) in [7, 11) is 1.83. The van der Waals surface area contributed by atoms with Crippen molar-refractivity contribution in [2.45, 2.75) is 13.8 Å². The lowest BCUT2D eigenvalue weighted by Gasteiger charge is -2.06. The minimum atomic E-state index is -0.285. The molecular formula is C12H13ClN4O. The maximum atomic E-state index is 12.1. The number of halogens is 1. The maximum Gasteiger partial charge on any atom is 0.258 e. The summed E-state index contributed by atoms with van der Waals surface area (Å²) in [6.07, 6.45) is 1.54. The van der Waals surface area contributed by atoms with Crippen LogP contribution in [0.4, 0.5) is 5.69 Å². The molecule has 2 aromatic rings. The van der Waals surface area contributed by atoms with Crippen LogP contribution in [0.25, 0.3) is 0 Å². The van der Waals surface area contributed by atoms with Gasteiger partial charge in [-0.25, -0.2) is 4.98 Å². The number of carbonyl (C=O) groups excluding carboxylic acids is 1. The van der Waals surface area contributed by atoms with E-state index in [-0.39, 0.29) is 11.1 Å². The smallest absolute Gasteiger partial charge is 0.258 e. The molecule has 0 radical (unpaired) electrons. The summed E-state index contributed by atoms with van der Waals surface area (Å²) in [5.41, 5.74) is 2.72. The Hall–Kier alpha value is -1.88. The van der Waals surface area contributed by atoms with E-state index < -0.39 is 0 Å². The fraction of sp³-hybridized carbons (Fsp3) is 0.250. The zero-order valence-electron chi connectivity index (χ0n) is 10.4. The zero-order valence-corrected chi connectivity index (χ0v) is 11.1. The van der Waals surface area contributed by atoms with Gasteiger partial charge in [0.2, 0.25) is 0 Å². The molecule has 94 valence electrons. The molecule has 0 aromatic carbocycles. The van der Waals surface area contributed by atoms with Crippen LogP contribution >= 0.6 is 11.6 Å². The van der Waals surface area contributed by atoms with E-state index in [1.807, 2.05) is 20.9 Å². The van der Waals surface area contributed by atoms with Gasteiger partial charge in [-0.3, -0.25) is 9.48 Å². The van der Waals surface area contributed by atoms with E-state index in [4.69, 9.17) is 11.6 Å². The zero-order chi connectivity index (χ0) is 13.3. The van der Waals surface area contributed by atoms with Crippen LogP contribution in [-0.4, -0.2) is 20.7 Å². The highest BCUT2D eigenvalue weighted by Crippen LogP contribution is 2.20. The molecule has 0 saturated carbocycles. The first-order valence-electron chi connectivity index (χ1n) is 5.42. The minimum Gasteiger partial charge on any atom is -0.319 e. The molecule has 0 saturated heterocycles. The highest BCUT2D eigenvalue weighted by atomic mass is 35.5. The number of anilines is 1. The van der Waals surface area contributed by atoms with Gasteiger partial charge in [0.1, 0.15) is 5.15 Å². The average Bonchev–Trinajstić information content (AvgIpc) is 2.56. The van der Waals surface area contributed by atoms with Gasteiger partial charge in [-0.05, 0) is 26.0 Å². The Morgan fingerprint density at radius 2 is 2.17 bits per heavy atom. The summed E-state index contributed by atoms with van der Waals surface area (Å²) in [6, 6.07) is 3.30. The summed E-state index contributed by atoms with van der Waals surface area (Å²) in [5.74, 6) is -0.285. The van der Waals surface area contributed by atoms with E-state index in [1.165, 1.54) is 0 Å². The second-order valence-electron chi connectivity index (χ2n) is 3.97. The van der Waals surface area contributed by atoms with Crippen LogP contribution in [0.15, 0.2) is 18.3 Å². The first-order chi connectivity index (χ1) is 8.50. The Morgan fingerprint density at radius 3 is 2.72 bits per heavy atom. The van der Waals surface area contributed by atoms with Crippen molar-refractivity contribution in [2.24, 2.45) is 7.05 Å². The van der Waals surface area contributed by atoms with Crippen molar-refractivity contribution in [3.8, 4) is 0 Å². The quantitative estimate of drug-likeness (QED) is 0.847. The Labute approximate surface area is 110 Å². The number of aryl methyl sites for hydroxylation is 2. The minimum absolute atomic E-state index is 0.189. The standard InChI is InChI=1S/C12H13ClN4O/c1-7-10(8(2)17(3)16-7)15-12(18)9-5-4-6-14-11(9)13/h4-6H,1-3H3,(H,15,18). The summed E-state index contributed by atoms with van der Waals surface area (Å²) in [6.45, 7) is 3.73. The van der Waals surface area contributed by atoms with E-state index >= 15 is 0 Å². The third-order valence-corrected chi connectivity index (χ3v) is 3.05. The molecule has 0 unspecified atom stereocenters. The second kappa shape index (κ2) is 4.78. The molecule has 0 aliphatic carbocycles. The Bertz CT molecular complexity index is 606. The number of hydrogen-bond acceptors (Lipinski definition) is 3. The molecule has 0 fully saturated rings. The molecule has 1 N–H and O–H groups in total. The van der Waals surface area contributed by atoms with Crippen molar-refractivity contribution in [3.05, 3.63) is 40.4 Å². The van der Waals surface area contributed by atoms with Crippen molar-refractivity contribution in [3.63, 3.8) is 0 Å². The van der Waals surface area contributed by atoms with Crippen molar-refractivity contribution in [2.75, 3.05) is 5.32 Å². The molecule has 2 rings (SSSR count). The van der Waals surface area contributed by atoms with E-state index in [1.54, 1.807) is 23.0 Å². The lowest BCUT2D eigenvalue weighted by Crippen LogP contribution is -2.14. The van der Waals surface area contributed by atoms with Gasteiger partial charge in [-0.1, -0.05) is 11.6 Å². The normalized spacial score (nSPS) is 10.4. The number of pyridine rings is 1. The number of carbonyl (C=O) groups is 1. The first-order valence-corrected chi connectivity index (χ1v) is 5.80. The third-order valence-electron chi connectivity index (χ3n) is 2.75. The van der Waals surface area contributed by atoms with E-state index in [0.717, 1.165) is 11.4 Å². The molecule has 0 atom stereocenters. The molecule has 2 heterocycles. The molecule has 0 aliphatic heterocycles.